The van der Waals surface area contributed by atoms with Crippen LogP contribution in [0.4, 0.5) is 4.39 Å². The number of rotatable bonds is 5. The maximum atomic E-state index is 14.5. The Labute approximate surface area is 226 Å². The van der Waals surface area contributed by atoms with Gasteiger partial charge >= 0.3 is 11.9 Å². The van der Waals surface area contributed by atoms with Crippen molar-refractivity contribution in [2.75, 3.05) is 20.8 Å². The molecule has 1 unspecified atom stereocenters. The minimum Gasteiger partial charge on any atom is -0.468 e. The molecule has 0 N–H and O–H groups in total. The molecule has 2 heterocycles. The summed E-state index contributed by atoms with van der Waals surface area (Å²) < 4.78 is 54.2. The van der Waals surface area contributed by atoms with Crippen LogP contribution in [0.3, 0.4) is 0 Å². The normalized spacial score (nSPS) is 18.4. The Morgan fingerprint density at radius 3 is 2.21 bits per heavy atom. The van der Waals surface area contributed by atoms with Crippen LogP contribution in [-0.2, 0) is 29.1 Å². The first-order valence-corrected chi connectivity index (χ1v) is 13.7. The van der Waals surface area contributed by atoms with Crippen molar-refractivity contribution in [3.05, 3.63) is 101 Å². The molecule has 5 rings (SSSR count). The molecule has 0 spiro atoms. The van der Waals surface area contributed by atoms with Gasteiger partial charge in [0.25, 0.3) is 10.0 Å². The van der Waals surface area contributed by atoms with Gasteiger partial charge in [-0.05, 0) is 60.4 Å². The summed E-state index contributed by atoms with van der Waals surface area (Å²) in [5.74, 6) is -2.27. The quantitative estimate of drug-likeness (QED) is 0.345. The highest BCUT2D eigenvalue weighted by Crippen LogP contribution is 2.55. The molecule has 8 nitrogen and oxygen atoms in total. The second-order valence-electron chi connectivity index (χ2n) is 9.48. The Hall–Kier alpha value is -4.02. The zero-order chi connectivity index (χ0) is 27.9. The van der Waals surface area contributed by atoms with Crippen LogP contribution in [0.2, 0.25) is 0 Å². The van der Waals surface area contributed by atoms with Crippen molar-refractivity contribution in [2.24, 2.45) is 5.41 Å². The lowest BCUT2D eigenvalue weighted by Gasteiger charge is -2.54. The van der Waals surface area contributed by atoms with Crippen molar-refractivity contribution >= 4 is 33.7 Å². The Morgan fingerprint density at radius 2 is 1.59 bits per heavy atom. The van der Waals surface area contributed by atoms with Crippen LogP contribution in [0.15, 0.2) is 77.7 Å². The largest absolute Gasteiger partial charge is 0.468 e. The third-order valence-corrected chi connectivity index (χ3v) is 9.08. The molecule has 39 heavy (non-hydrogen) atoms. The number of carbonyl (C=O) groups is 2. The molecule has 1 fully saturated rings. The number of nitrogens with zero attached hydrogens (tertiary/aromatic N) is 2. The van der Waals surface area contributed by atoms with E-state index in [0.29, 0.717) is 22.4 Å². The van der Waals surface area contributed by atoms with E-state index in [1.54, 1.807) is 42.5 Å². The highest BCUT2D eigenvalue weighted by Gasteiger charge is 2.63. The molecule has 0 bridgehead atoms. The van der Waals surface area contributed by atoms with E-state index >= 15 is 0 Å². The number of methoxy groups -OCH3 is 2. The third-order valence-electron chi connectivity index (χ3n) is 7.30. The van der Waals surface area contributed by atoms with Gasteiger partial charge < -0.3 is 9.47 Å². The predicted octanol–water partition coefficient (Wildman–Crippen LogP) is 4.33. The molecule has 0 radical (unpaired) electrons. The van der Waals surface area contributed by atoms with Crippen molar-refractivity contribution < 1.29 is 31.9 Å². The smallest absolute Gasteiger partial charge is 0.325 e. The highest BCUT2D eigenvalue weighted by molar-refractivity contribution is 7.89. The zero-order valence-electron chi connectivity index (χ0n) is 21.6. The first kappa shape index (κ1) is 26.6. The monoisotopic (exact) mass is 550 g/mol. The predicted molar refractivity (Wildman–Crippen MR) is 141 cm³/mol. The van der Waals surface area contributed by atoms with Gasteiger partial charge in [-0.2, -0.15) is 0 Å². The molecule has 0 amide bonds. The minimum atomic E-state index is -4.18. The van der Waals surface area contributed by atoms with Crippen molar-refractivity contribution in [1.29, 1.82) is 0 Å². The number of hydrazine groups is 1. The SMILES string of the molecule is COC(=O)C1(C(=O)OC)CCN(S(=O)(=O)c2ccc(C)cc2)N2C(c3ccccc3)=Cc3cc(F)ccc3C21. The van der Waals surface area contributed by atoms with Crippen LogP contribution in [-0.4, -0.2) is 50.5 Å². The summed E-state index contributed by atoms with van der Waals surface area (Å²) in [7, 11) is -1.85. The van der Waals surface area contributed by atoms with Crippen LogP contribution >= 0.6 is 0 Å². The van der Waals surface area contributed by atoms with Gasteiger partial charge in [0.2, 0.25) is 0 Å². The first-order chi connectivity index (χ1) is 18.6. The Morgan fingerprint density at radius 1 is 0.949 bits per heavy atom. The van der Waals surface area contributed by atoms with Gasteiger partial charge in [-0.1, -0.05) is 54.1 Å². The standard InChI is InChI=1S/C29H27FN2O6S/c1-19-9-12-23(13-10-19)39(35,36)31-16-15-29(27(33)37-2,28(34)38-3)26-24-14-11-22(30)17-21(24)18-25(32(26)31)20-7-5-4-6-8-20/h4-14,17-18,26H,15-16H2,1-3H3. The number of aryl methyl sites for hydroxylation is 1. The summed E-state index contributed by atoms with van der Waals surface area (Å²) in [4.78, 5) is 27.1. The lowest BCUT2D eigenvalue weighted by atomic mass is 9.70. The maximum Gasteiger partial charge on any atom is 0.325 e. The van der Waals surface area contributed by atoms with Crippen LogP contribution in [0.1, 0.15) is 34.7 Å². The fraction of sp³-hybridized carbons (Fsp3) is 0.241. The Balaban J connectivity index is 1.83. The lowest BCUT2D eigenvalue weighted by Crippen LogP contribution is -2.63. The molecule has 1 saturated heterocycles. The van der Waals surface area contributed by atoms with Crippen LogP contribution < -0.4 is 0 Å². The topological polar surface area (TPSA) is 93.2 Å². The molecule has 0 aliphatic carbocycles. The molecular weight excluding hydrogens is 523 g/mol. The summed E-state index contributed by atoms with van der Waals surface area (Å²) in [5, 5.41) is 1.45. The van der Waals surface area contributed by atoms with Crippen LogP contribution in [0, 0.1) is 18.2 Å². The van der Waals surface area contributed by atoms with Crippen molar-refractivity contribution in [3.8, 4) is 0 Å². The summed E-state index contributed by atoms with van der Waals surface area (Å²) in [5.41, 5.74) is 0.708. The number of esters is 2. The van der Waals surface area contributed by atoms with E-state index < -0.39 is 39.2 Å². The van der Waals surface area contributed by atoms with Crippen molar-refractivity contribution in [1.82, 2.24) is 9.42 Å². The zero-order valence-corrected chi connectivity index (χ0v) is 22.4. The van der Waals surface area contributed by atoms with Crippen molar-refractivity contribution in [2.45, 2.75) is 24.3 Å². The van der Waals surface area contributed by atoms with E-state index in [0.717, 1.165) is 19.8 Å². The summed E-state index contributed by atoms with van der Waals surface area (Å²) >= 11 is 0. The summed E-state index contributed by atoms with van der Waals surface area (Å²) in [6, 6.07) is 18.1. The number of halogens is 1. The van der Waals surface area contributed by atoms with E-state index in [1.165, 1.54) is 39.8 Å². The van der Waals surface area contributed by atoms with E-state index in [-0.39, 0.29) is 17.9 Å². The number of sulfonamides is 1. The van der Waals surface area contributed by atoms with Crippen LogP contribution in [0.25, 0.3) is 11.8 Å². The molecule has 202 valence electrons. The van der Waals surface area contributed by atoms with Gasteiger partial charge in [0.05, 0.1) is 30.9 Å². The minimum absolute atomic E-state index is 0.0489. The van der Waals surface area contributed by atoms with Gasteiger partial charge in [0, 0.05) is 6.54 Å². The number of ether oxygens (including phenoxy) is 2. The number of benzene rings is 3. The average Bonchev–Trinajstić information content (AvgIpc) is 2.95. The molecule has 2 aliphatic heterocycles. The third kappa shape index (κ3) is 4.20. The Kier molecular flexibility index (Phi) is 6.77. The van der Waals surface area contributed by atoms with Gasteiger partial charge in [-0.25, -0.2) is 12.8 Å². The van der Waals surface area contributed by atoms with Crippen molar-refractivity contribution in [3.63, 3.8) is 0 Å². The molecule has 1 atom stereocenters. The van der Waals surface area contributed by atoms with E-state index in [9.17, 15) is 22.4 Å². The molecule has 0 aromatic heterocycles. The van der Waals surface area contributed by atoms with Gasteiger partial charge in [-0.3, -0.25) is 14.6 Å². The summed E-state index contributed by atoms with van der Waals surface area (Å²) in [6.07, 6.45) is 1.43. The maximum absolute atomic E-state index is 14.5. The highest BCUT2D eigenvalue weighted by atomic mass is 32.2. The first-order valence-electron chi connectivity index (χ1n) is 12.3. The summed E-state index contributed by atoms with van der Waals surface area (Å²) in [6.45, 7) is 1.63. The Bertz CT molecular complexity index is 1560. The molecule has 10 heteroatoms. The molecule has 2 aliphatic rings. The van der Waals surface area contributed by atoms with Gasteiger partial charge in [0.1, 0.15) is 5.82 Å². The number of hydrogen-bond donors (Lipinski definition) is 0. The van der Waals surface area contributed by atoms with Gasteiger partial charge in [0.15, 0.2) is 5.41 Å². The lowest BCUT2D eigenvalue weighted by molar-refractivity contribution is -0.184. The number of fused-ring (bicyclic) bond motifs is 3. The second kappa shape index (κ2) is 9.94. The van der Waals surface area contributed by atoms with E-state index in [4.69, 9.17) is 9.47 Å². The average molecular weight is 551 g/mol. The number of hydrogen-bond acceptors (Lipinski definition) is 7. The molecular formula is C29H27FN2O6S. The van der Waals surface area contributed by atoms with E-state index in [2.05, 4.69) is 0 Å². The second-order valence-corrected chi connectivity index (χ2v) is 11.3. The van der Waals surface area contributed by atoms with Gasteiger partial charge in [-0.15, -0.1) is 4.41 Å². The number of carbonyl (C=O) groups excluding carboxylic acids is 2. The molecule has 3 aromatic carbocycles. The van der Waals surface area contributed by atoms with Crippen LogP contribution in [0.5, 0.6) is 0 Å². The molecule has 3 aromatic rings. The fourth-order valence-corrected chi connectivity index (χ4v) is 6.88. The molecule has 0 saturated carbocycles. The fourth-order valence-electron chi connectivity index (χ4n) is 5.41. The van der Waals surface area contributed by atoms with E-state index in [1.807, 2.05) is 13.0 Å².